The number of hydrogen-bond donors (Lipinski definition) is 1. The molecule has 0 rings (SSSR count). The van der Waals surface area contributed by atoms with Crippen molar-refractivity contribution in [3.05, 3.63) is 0 Å². The maximum atomic E-state index is 0. The molecule has 26 valence electrons. The topological polar surface area (TPSA) is 35.0 Å². The Hall–Kier alpha value is 1.07. The molecule has 0 atom stereocenters. The normalized spacial score (nSPS) is 0. The Morgan fingerprint density at radius 3 is 1.00 bits per heavy atom. The molecule has 4 heavy (non-hydrogen) atoms. The summed E-state index contributed by atoms with van der Waals surface area (Å²) < 4.78 is 0. The van der Waals surface area contributed by atoms with Crippen LogP contribution in [0.1, 0.15) is 0 Å². The van der Waals surface area contributed by atoms with Gasteiger partial charge in [0, 0.05) is 0 Å². The third kappa shape index (κ3) is 11.5. The molecule has 0 aromatic rings. The average molecular weight is 116 g/mol. The molecular weight excluding hydrogens is 112 g/mol. The van der Waals surface area contributed by atoms with Gasteiger partial charge in [-0.3, -0.25) is 0 Å². The minimum Gasteiger partial charge on any atom is -1.00 e. The van der Waals surface area contributed by atoms with Crippen LogP contribution in [-0.4, -0.2) is 17.4 Å². The van der Waals surface area contributed by atoms with Crippen molar-refractivity contribution in [3.8, 4) is 0 Å². The van der Waals surface area contributed by atoms with E-state index in [-0.39, 0.29) is 48.3 Å². The predicted molar refractivity (Wildman–Crippen MR) is 18.0 cm³/mol. The van der Waals surface area contributed by atoms with E-state index in [1.165, 1.54) is 0 Å². The zero-order valence-corrected chi connectivity index (χ0v) is 4.80. The Morgan fingerprint density at radius 2 is 1.00 bits per heavy atom. The van der Waals surface area contributed by atoms with Gasteiger partial charge >= 0.3 is 17.4 Å². The van der Waals surface area contributed by atoms with Crippen molar-refractivity contribution < 1.29 is 12.4 Å². The van der Waals surface area contributed by atoms with E-state index in [0.717, 1.165) is 0 Å². The Balaban J connectivity index is 0. The van der Waals surface area contributed by atoms with E-state index in [9.17, 15) is 0 Å². The molecular formula is H4AlCl2N. The van der Waals surface area contributed by atoms with E-state index < -0.39 is 0 Å². The van der Waals surface area contributed by atoms with Crippen molar-refractivity contribution in [1.82, 2.24) is 6.15 Å². The molecule has 0 saturated carbocycles. The van der Waals surface area contributed by atoms with Gasteiger partial charge in [0.25, 0.3) is 0 Å². The first-order valence-electron chi connectivity index (χ1n) is 0. The number of rotatable bonds is 0. The molecule has 0 aliphatic rings. The van der Waals surface area contributed by atoms with Gasteiger partial charge in [0.05, 0.1) is 0 Å². The number of halogens is 2. The second kappa shape index (κ2) is 33.4. The number of hydrogen-bond acceptors (Lipinski definition) is 1. The third-order valence-electron chi connectivity index (χ3n) is 0. The molecule has 4 heteroatoms. The van der Waals surface area contributed by atoms with Crippen molar-refractivity contribution in [2.24, 2.45) is 0 Å². The summed E-state index contributed by atoms with van der Waals surface area (Å²) in [6, 6.07) is 0. The summed E-state index contributed by atoms with van der Waals surface area (Å²) >= 11 is 0. The summed E-state index contributed by atoms with van der Waals surface area (Å²) in [6.45, 7) is 0. The Labute approximate surface area is 48.7 Å². The molecule has 3 N–H and O–H groups in total. The average Bonchev–Trinajstić information content (AvgIpc) is 0. The molecule has 0 aromatic carbocycles. The molecule has 0 aliphatic heterocycles. The maximum absolute atomic E-state index is 0. The summed E-state index contributed by atoms with van der Waals surface area (Å²) in [5.41, 5.74) is 0. The van der Waals surface area contributed by atoms with E-state index in [4.69, 9.17) is 0 Å². The Bertz CT molecular complexity index is 6.00. The monoisotopic (exact) mass is 115 g/mol. The van der Waals surface area contributed by atoms with Crippen molar-refractivity contribution in [2.75, 3.05) is 0 Å². The minimum atomic E-state index is 0. The first kappa shape index (κ1) is 73.1. The molecule has 0 aliphatic carbocycles. The van der Waals surface area contributed by atoms with Crippen LogP contribution >= 0.6 is 12.4 Å². The van der Waals surface area contributed by atoms with Gasteiger partial charge in [0.15, 0.2) is 0 Å². The van der Waals surface area contributed by atoms with Crippen LogP contribution in [0.5, 0.6) is 0 Å². The molecule has 0 amide bonds. The van der Waals surface area contributed by atoms with Crippen LogP contribution in [-0.2, 0) is 0 Å². The molecule has 0 spiro atoms. The second-order valence-corrected chi connectivity index (χ2v) is 0. The first-order chi connectivity index (χ1) is 0. The van der Waals surface area contributed by atoms with Crippen molar-refractivity contribution >= 4 is 29.8 Å². The van der Waals surface area contributed by atoms with Crippen molar-refractivity contribution in [3.63, 3.8) is 0 Å². The van der Waals surface area contributed by atoms with Gasteiger partial charge in [-0.25, -0.2) is 0 Å². The van der Waals surface area contributed by atoms with Gasteiger partial charge in [-0.2, -0.15) is 0 Å². The van der Waals surface area contributed by atoms with E-state index >= 15 is 0 Å². The van der Waals surface area contributed by atoms with Crippen LogP contribution in [0.4, 0.5) is 0 Å². The van der Waals surface area contributed by atoms with Crippen molar-refractivity contribution in [1.29, 1.82) is 0 Å². The molecule has 1 nitrogen and oxygen atoms in total. The van der Waals surface area contributed by atoms with E-state index in [1.807, 2.05) is 0 Å². The maximum Gasteiger partial charge on any atom is 1.00 e. The smallest absolute Gasteiger partial charge is 1.00 e. The van der Waals surface area contributed by atoms with Crippen LogP contribution in [0.2, 0.25) is 0 Å². The fraction of sp³-hybridized carbons (Fsp3) is 0. The van der Waals surface area contributed by atoms with Gasteiger partial charge in [-0.15, -0.1) is 12.4 Å². The largest absolute Gasteiger partial charge is 1.00 e. The standard InChI is InChI=1S/Al.2ClH.H3N/h;2*1H;1H3/q+1;;;/p-1. The van der Waals surface area contributed by atoms with E-state index in [1.54, 1.807) is 0 Å². The fourth-order valence-corrected chi connectivity index (χ4v) is 0. The zero-order valence-electron chi connectivity index (χ0n) is 2.07. The van der Waals surface area contributed by atoms with Gasteiger partial charge in [-0.05, 0) is 0 Å². The fourth-order valence-electron chi connectivity index (χ4n) is 0. The molecule has 0 aromatic heterocycles. The summed E-state index contributed by atoms with van der Waals surface area (Å²) in [5.74, 6) is 0. The van der Waals surface area contributed by atoms with Crippen LogP contribution in [0, 0.1) is 0 Å². The molecule has 0 saturated heterocycles. The molecule has 2 radical (unpaired) electrons. The zero-order chi connectivity index (χ0) is 0. The van der Waals surface area contributed by atoms with Crippen molar-refractivity contribution in [2.45, 2.75) is 0 Å². The molecule has 0 heterocycles. The van der Waals surface area contributed by atoms with Gasteiger partial charge < -0.3 is 18.6 Å². The SMILES string of the molecule is Cl.N.[Al+].[Cl-]. The summed E-state index contributed by atoms with van der Waals surface area (Å²) in [7, 11) is 0. The van der Waals surface area contributed by atoms with Gasteiger partial charge in [0.1, 0.15) is 0 Å². The van der Waals surface area contributed by atoms with Gasteiger partial charge in [0.2, 0.25) is 0 Å². The molecule has 0 fully saturated rings. The third-order valence-corrected chi connectivity index (χ3v) is 0. The van der Waals surface area contributed by atoms with Crippen LogP contribution in [0.25, 0.3) is 0 Å². The van der Waals surface area contributed by atoms with E-state index in [2.05, 4.69) is 0 Å². The van der Waals surface area contributed by atoms with Crippen LogP contribution in [0.3, 0.4) is 0 Å². The first-order valence-corrected chi connectivity index (χ1v) is 0. The summed E-state index contributed by atoms with van der Waals surface area (Å²) in [6.07, 6.45) is 0. The quantitative estimate of drug-likeness (QED) is 0.341. The van der Waals surface area contributed by atoms with Gasteiger partial charge in [-0.1, -0.05) is 0 Å². The Kier molecular flexibility index (Phi) is 611. The second-order valence-electron chi connectivity index (χ2n) is 0. The molecule has 0 unspecified atom stereocenters. The van der Waals surface area contributed by atoms with Crippen LogP contribution < -0.4 is 18.6 Å². The summed E-state index contributed by atoms with van der Waals surface area (Å²) in [5, 5.41) is 0. The molecule has 0 bridgehead atoms. The van der Waals surface area contributed by atoms with E-state index in [0.29, 0.717) is 0 Å². The predicted octanol–water partition coefficient (Wildman–Crippen LogP) is -2.79. The minimum absolute atomic E-state index is 0. The summed E-state index contributed by atoms with van der Waals surface area (Å²) in [4.78, 5) is 0. The van der Waals surface area contributed by atoms with Crippen LogP contribution in [0.15, 0.2) is 0 Å². The Morgan fingerprint density at radius 1 is 1.00 bits per heavy atom.